The van der Waals surface area contributed by atoms with Gasteiger partial charge < -0.3 is 9.47 Å². The first kappa shape index (κ1) is 13.3. The molecule has 0 bridgehead atoms. The number of alkyl halides is 2. The quantitative estimate of drug-likeness (QED) is 0.668. The fraction of sp³-hybridized carbons (Fsp3) is 0.200. The van der Waals surface area contributed by atoms with Gasteiger partial charge in [-0.05, 0) is 12.1 Å². The van der Waals surface area contributed by atoms with Crippen LogP contribution in [0.25, 0.3) is 0 Å². The lowest BCUT2D eigenvalue weighted by molar-refractivity contribution is -0.0502. The molecular formula is C10H7F2NO3S. The summed E-state index contributed by atoms with van der Waals surface area (Å²) in [7, 11) is 1.11. The van der Waals surface area contributed by atoms with Gasteiger partial charge in [-0.3, -0.25) is 0 Å². The van der Waals surface area contributed by atoms with Gasteiger partial charge in [0, 0.05) is 4.90 Å². The Morgan fingerprint density at radius 2 is 2.18 bits per heavy atom. The van der Waals surface area contributed by atoms with E-state index in [4.69, 9.17) is 5.26 Å². The third-order valence-electron chi connectivity index (χ3n) is 1.82. The zero-order valence-electron chi connectivity index (χ0n) is 8.61. The van der Waals surface area contributed by atoms with E-state index in [1.54, 1.807) is 6.07 Å². The van der Waals surface area contributed by atoms with Crippen molar-refractivity contribution in [2.24, 2.45) is 0 Å². The van der Waals surface area contributed by atoms with Crippen LogP contribution in [0, 0.1) is 11.3 Å². The Bertz CT molecular complexity index is 485. The molecule has 0 fully saturated rings. The molecule has 0 amide bonds. The predicted octanol–water partition coefficient (Wildman–Crippen LogP) is 2.23. The van der Waals surface area contributed by atoms with E-state index in [9.17, 15) is 13.6 Å². The van der Waals surface area contributed by atoms with Crippen LogP contribution in [0.1, 0.15) is 15.9 Å². The summed E-state index contributed by atoms with van der Waals surface area (Å²) in [6.45, 7) is -3.09. The van der Waals surface area contributed by atoms with E-state index in [1.165, 1.54) is 6.07 Å². The average molecular weight is 259 g/mol. The van der Waals surface area contributed by atoms with Gasteiger partial charge in [-0.2, -0.15) is 14.0 Å². The van der Waals surface area contributed by atoms with Crippen LogP contribution in [0.3, 0.4) is 0 Å². The lowest BCUT2D eigenvalue weighted by Gasteiger charge is -2.10. The maximum absolute atomic E-state index is 12.1. The lowest BCUT2D eigenvalue weighted by Crippen LogP contribution is -2.09. The molecule has 0 saturated heterocycles. The summed E-state index contributed by atoms with van der Waals surface area (Å²) in [6, 6.07) is 3.99. The number of methoxy groups -OCH3 is 1. The van der Waals surface area contributed by atoms with Crippen molar-refractivity contribution in [1.82, 2.24) is 0 Å². The highest BCUT2D eigenvalue weighted by atomic mass is 32.1. The Morgan fingerprint density at radius 3 is 2.65 bits per heavy atom. The summed E-state index contributed by atoms with van der Waals surface area (Å²) in [5.41, 5.74) is -0.479. The molecule has 0 N–H and O–H groups in total. The van der Waals surface area contributed by atoms with Crippen LogP contribution in [-0.4, -0.2) is 19.7 Å². The van der Waals surface area contributed by atoms with Crippen molar-refractivity contribution in [2.45, 2.75) is 11.5 Å². The first-order valence-corrected chi connectivity index (χ1v) is 4.74. The van der Waals surface area contributed by atoms with Crippen molar-refractivity contribution >= 4 is 18.6 Å². The van der Waals surface area contributed by atoms with Gasteiger partial charge in [0.1, 0.15) is 17.4 Å². The average Bonchev–Trinajstić information content (AvgIpc) is 2.26. The summed E-state index contributed by atoms with van der Waals surface area (Å²) in [5, 5.41) is 8.84. The van der Waals surface area contributed by atoms with Crippen molar-refractivity contribution in [3.8, 4) is 11.8 Å². The maximum Gasteiger partial charge on any atom is 0.387 e. The fourth-order valence-electron chi connectivity index (χ4n) is 1.18. The Balaban J connectivity index is 3.36. The normalized spacial score (nSPS) is 9.88. The zero-order valence-corrected chi connectivity index (χ0v) is 9.50. The third kappa shape index (κ3) is 3.07. The van der Waals surface area contributed by atoms with Gasteiger partial charge in [-0.15, -0.1) is 12.6 Å². The molecule has 0 aliphatic carbocycles. The summed E-state index contributed by atoms with van der Waals surface area (Å²) in [4.78, 5) is 11.5. The Hall–Kier alpha value is -1.81. The molecular weight excluding hydrogens is 252 g/mol. The molecule has 0 atom stereocenters. The monoisotopic (exact) mass is 259 g/mol. The van der Waals surface area contributed by atoms with Gasteiger partial charge >= 0.3 is 12.6 Å². The smallest absolute Gasteiger partial charge is 0.387 e. The predicted molar refractivity (Wildman–Crippen MR) is 56.4 cm³/mol. The van der Waals surface area contributed by atoms with E-state index in [2.05, 4.69) is 22.1 Å². The molecule has 0 saturated carbocycles. The molecule has 7 heteroatoms. The molecule has 1 aromatic rings. The van der Waals surface area contributed by atoms with Crippen LogP contribution in [-0.2, 0) is 4.74 Å². The van der Waals surface area contributed by atoms with Crippen LogP contribution in [0.15, 0.2) is 17.0 Å². The first-order valence-electron chi connectivity index (χ1n) is 4.29. The zero-order chi connectivity index (χ0) is 13.0. The number of hydrogen-bond donors (Lipinski definition) is 1. The van der Waals surface area contributed by atoms with Crippen LogP contribution in [0.2, 0.25) is 0 Å². The summed E-state index contributed by atoms with van der Waals surface area (Å²) in [6.07, 6.45) is 0. The van der Waals surface area contributed by atoms with E-state index in [0.29, 0.717) is 0 Å². The molecule has 4 nitrogen and oxygen atoms in total. The number of hydrogen-bond acceptors (Lipinski definition) is 5. The van der Waals surface area contributed by atoms with Crippen molar-refractivity contribution in [1.29, 1.82) is 5.26 Å². The molecule has 0 aromatic heterocycles. The Labute approximate surface area is 101 Å². The number of halogens is 2. The number of benzene rings is 1. The second kappa shape index (κ2) is 5.50. The molecule has 1 rings (SSSR count). The minimum Gasteiger partial charge on any atom is -0.465 e. The summed E-state index contributed by atoms with van der Waals surface area (Å²) < 4.78 is 32.8. The molecule has 0 aliphatic rings. The number of nitriles is 1. The number of thiol groups is 1. The van der Waals surface area contributed by atoms with Crippen LogP contribution in [0.4, 0.5) is 8.78 Å². The van der Waals surface area contributed by atoms with Crippen LogP contribution in [0.5, 0.6) is 5.75 Å². The van der Waals surface area contributed by atoms with Crippen LogP contribution >= 0.6 is 12.6 Å². The number of rotatable bonds is 3. The minimum absolute atomic E-state index is 0.168. The van der Waals surface area contributed by atoms with Crippen molar-refractivity contribution < 1.29 is 23.0 Å². The second-order valence-corrected chi connectivity index (χ2v) is 3.36. The highest BCUT2D eigenvalue weighted by Crippen LogP contribution is 2.28. The molecule has 1 aromatic carbocycles. The van der Waals surface area contributed by atoms with Gasteiger partial charge in [-0.25, -0.2) is 4.79 Å². The lowest BCUT2D eigenvalue weighted by atomic mass is 10.1. The summed E-state index contributed by atoms with van der Waals surface area (Å²) >= 11 is 3.92. The number of carbonyl (C=O) groups excluding carboxylic acids is 1. The number of carbonyl (C=O) groups is 1. The highest BCUT2D eigenvalue weighted by molar-refractivity contribution is 7.80. The van der Waals surface area contributed by atoms with E-state index >= 15 is 0 Å². The van der Waals surface area contributed by atoms with Crippen molar-refractivity contribution in [3.63, 3.8) is 0 Å². The largest absolute Gasteiger partial charge is 0.465 e. The van der Waals surface area contributed by atoms with Crippen molar-refractivity contribution in [3.05, 3.63) is 23.3 Å². The van der Waals surface area contributed by atoms with E-state index in [0.717, 1.165) is 13.2 Å². The molecule has 0 spiro atoms. The molecule has 0 unspecified atom stereocenters. The SMILES string of the molecule is COC(=O)c1cc(S)cc(OC(F)F)c1C#N. The number of ether oxygens (including phenoxy) is 2. The van der Waals surface area contributed by atoms with Gasteiger partial charge in [0.2, 0.25) is 0 Å². The van der Waals surface area contributed by atoms with Gasteiger partial charge in [0.15, 0.2) is 0 Å². The van der Waals surface area contributed by atoms with Gasteiger partial charge in [-0.1, -0.05) is 0 Å². The second-order valence-electron chi connectivity index (χ2n) is 2.85. The molecule has 0 aliphatic heterocycles. The number of nitrogens with zero attached hydrogens (tertiary/aromatic N) is 1. The third-order valence-corrected chi connectivity index (χ3v) is 2.08. The summed E-state index contributed by atoms with van der Waals surface area (Å²) in [5.74, 6) is -1.23. The van der Waals surface area contributed by atoms with Crippen LogP contribution < -0.4 is 4.74 Å². The molecule has 0 radical (unpaired) electrons. The number of esters is 1. The van der Waals surface area contributed by atoms with E-state index in [1.807, 2.05) is 0 Å². The maximum atomic E-state index is 12.1. The Morgan fingerprint density at radius 1 is 1.53 bits per heavy atom. The topological polar surface area (TPSA) is 59.3 Å². The fourth-order valence-corrected chi connectivity index (χ4v) is 1.42. The van der Waals surface area contributed by atoms with E-state index in [-0.39, 0.29) is 16.0 Å². The van der Waals surface area contributed by atoms with Crippen molar-refractivity contribution in [2.75, 3.05) is 7.11 Å². The minimum atomic E-state index is -3.09. The Kier molecular flexibility index (Phi) is 4.29. The van der Waals surface area contributed by atoms with Gasteiger partial charge in [0.25, 0.3) is 0 Å². The first-order chi connectivity index (χ1) is 7.99. The molecule has 17 heavy (non-hydrogen) atoms. The molecule has 0 heterocycles. The van der Waals surface area contributed by atoms with E-state index < -0.39 is 18.3 Å². The highest BCUT2D eigenvalue weighted by Gasteiger charge is 2.19. The van der Waals surface area contributed by atoms with Gasteiger partial charge in [0.05, 0.1) is 12.7 Å². The molecule has 90 valence electrons. The standard InChI is InChI=1S/C10H7F2NO3S/c1-15-9(14)6-2-5(17)3-8(7(6)4-13)16-10(11)12/h2-3,10,17H,1H3.